The first-order valence-corrected chi connectivity index (χ1v) is 8.39. The lowest BCUT2D eigenvalue weighted by Crippen LogP contribution is -2.36. The second kappa shape index (κ2) is 8.34. The zero-order chi connectivity index (χ0) is 18.4. The number of benzene rings is 1. The summed E-state index contributed by atoms with van der Waals surface area (Å²) in [7, 11) is 0. The molecule has 0 fully saturated rings. The summed E-state index contributed by atoms with van der Waals surface area (Å²) < 4.78 is 24.4. The van der Waals surface area contributed by atoms with Crippen LogP contribution in [0.15, 0.2) is 35.3 Å². The molecule has 25 heavy (non-hydrogen) atoms. The van der Waals surface area contributed by atoms with Crippen molar-refractivity contribution in [1.82, 2.24) is 9.78 Å². The van der Waals surface area contributed by atoms with Gasteiger partial charge in [0.25, 0.3) is 5.56 Å². The Morgan fingerprint density at radius 2 is 1.88 bits per heavy atom. The summed E-state index contributed by atoms with van der Waals surface area (Å²) in [5.74, 6) is 0.917. The zero-order valence-electron chi connectivity index (χ0n) is 14.6. The van der Waals surface area contributed by atoms with Gasteiger partial charge in [0, 0.05) is 6.42 Å². The van der Waals surface area contributed by atoms with E-state index in [0.29, 0.717) is 18.8 Å². The number of rotatable bonds is 7. The van der Waals surface area contributed by atoms with Gasteiger partial charge in [0.2, 0.25) is 0 Å². The van der Waals surface area contributed by atoms with Crippen LogP contribution in [-0.2, 0) is 12.1 Å². The first kappa shape index (κ1) is 19.2. The lowest BCUT2D eigenvalue weighted by Gasteiger charge is -2.21. The predicted octanol–water partition coefficient (Wildman–Crippen LogP) is 3.97. The maximum atomic E-state index is 12.3. The summed E-state index contributed by atoms with van der Waals surface area (Å²) in [5.41, 5.74) is 0.0363. The molecule has 0 aliphatic rings. The third kappa shape index (κ3) is 5.19. The Morgan fingerprint density at radius 1 is 1.20 bits per heavy atom. The second-order valence-corrected chi connectivity index (χ2v) is 6.91. The van der Waals surface area contributed by atoms with Crippen LogP contribution in [0.5, 0.6) is 11.5 Å². The molecule has 0 aliphatic carbocycles. The number of halogens is 2. The highest BCUT2D eigenvalue weighted by Crippen LogP contribution is 2.22. The molecular weight excluding hydrogens is 347 g/mol. The van der Waals surface area contributed by atoms with Crippen LogP contribution in [0.4, 0.5) is 4.39 Å². The number of ether oxygens (including phenoxy) is 2. The molecule has 0 amide bonds. The van der Waals surface area contributed by atoms with Crippen LogP contribution in [0, 0.1) is 0 Å². The molecule has 2 rings (SSSR count). The van der Waals surface area contributed by atoms with Gasteiger partial charge >= 0.3 is 0 Å². The number of aromatic nitrogens is 2. The van der Waals surface area contributed by atoms with Crippen molar-refractivity contribution in [3.8, 4) is 11.5 Å². The topological polar surface area (TPSA) is 53.4 Å². The van der Waals surface area contributed by atoms with Crippen molar-refractivity contribution in [3.63, 3.8) is 0 Å². The van der Waals surface area contributed by atoms with Gasteiger partial charge in [-0.2, -0.15) is 5.10 Å². The Bertz CT molecular complexity index is 754. The Hall–Kier alpha value is -2.08. The summed E-state index contributed by atoms with van der Waals surface area (Å²) in [6.45, 7) is 5.80. The average Bonchev–Trinajstić information content (AvgIpc) is 2.56. The highest BCUT2D eigenvalue weighted by Gasteiger charge is 2.19. The molecule has 0 aliphatic heterocycles. The third-order valence-electron chi connectivity index (χ3n) is 3.39. The summed E-state index contributed by atoms with van der Waals surface area (Å²) in [6.07, 6.45) is 1.82. The van der Waals surface area contributed by atoms with Crippen molar-refractivity contribution in [1.29, 1.82) is 0 Å². The first-order valence-electron chi connectivity index (χ1n) is 8.01. The smallest absolute Gasteiger partial charge is 0.289 e. The second-order valence-electron chi connectivity index (χ2n) is 6.53. The molecule has 0 atom stereocenters. The minimum absolute atomic E-state index is 0.0103. The molecule has 2 aromatic rings. The molecule has 0 saturated heterocycles. The van der Waals surface area contributed by atoms with E-state index >= 15 is 0 Å². The van der Waals surface area contributed by atoms with Gasteiger partial charge in [-0.1, -0.05) is 23.7 Å². The van der Waals surface area contributed by atoms with Crippen LogP contribution in [-0.4, -0.2) is 23.1 Å². The minimum Gasteiger partial charge on any atom is -0.494 e. The van der Waals surface area contributed by atoms with E-state index < -0.39 is 12.2 Å². The van der Waals surface area contributed by atoms with E-state index in [1.54, 1.807) is 12.1 Å². The highest BCUT2D eigenvalue weighted by atomic mass is 35.5. The summed E-state index contributed by atoms with van der Waals surface area (Å²) in [6, 6.07) is 7.24. The van der Waals surface area contributed by atoms with E-state index in [-0.39, 0.29) is 22.9 Å². The Labute approximate surface area is 151 Å². The Morgan fingerprint density at radius 3 is 2.48 bits per heavy atom. The predicted molar refractivity (Wildman–Crippen MR) is 95.4 cm³/mol. The molecule has 0 spiro atoms. The van der Waals surface area contributed by atoms with Crippen LogP contribution in [0.1, 0.15) is 32.8 Å². The van der Waals surface area contributed by atoms with Crippen molar-refractivity contribution in [2.75, 3.05) is 13.3 Å². The molecule has 0 radical (unpaired) electrons. The third-order valence-corrected chi connectivity index (χ3v) is 3.73. The van der Waals surface area contributed by atoms with Gasteiger partial charge in [-0.15, -0.1) is 0 Å². The number of hydrogen-bond acceptors (Lipinski definition) is 4. The van der Waals surface area contributed by atoms with Gasteiger partial charge < -0.3 is 9.47 Å². The van der Waals surface area contributed by atoms with Crippen LogP contribution in [0.3, 0.4) is 0 Å². The van der Waals surface area contributed by atoms with Gasteiger partial charge in [-0.3, -0.25) is 9.18 Å². The molecule has 5 nitrogen and oxygen atoms in total. The maximum absolute atomic E-state index is 12.3. The molecule has 0 unspecified atom stereocenters. The summed E-state index contributed by atoms with van der Waals surface area (Å²) >= 11 is 6.12. The molecular formula is C18H22ClFN2O3. The molecule has 0 saturated carbocycles. The molecule has 7 heteroatoms. The fraction of sp³-hybridized carbons (Fsp3) is 0.444. The van der Waals surface area contributed by atoms with Crippen molar-refractivity contribution in [3.05, 3.63) is 51.4 Å². The molecule has 0 N–H and O–H groups in total. The van der Waals surface area contributed by atoms with E-state index in [2.05, 4.69) is 5.10 Å². The van der Waals surface area contributed by atoms with Gasteiger partial charge in [-0.05, 0) is 38.5 Å². The average molecular weight is 369 g/mol. The van der Waals surface area contributed by atoms with E-state index in [1.165, 1.54) is 10.9 Å². The van der Waals surface area contributed by atoms with E-state index in [1.807, 2.05) is 32.9 Å². The summed E-state index contributed by atoms with van der Waals surface area (Å²) in [5, 5.41) is 4.13. The summed E-state index contributed by atoms with van der Waals surface area (Å²) in [4.78, 5) is 12.3. The standard InChI is InChI=1S/C18H22ClFN2O3/c1-18(2,3)22-17(23)16(19)15(11-21-22)25-12-13-5-7-14(8-6-13)24-10-4-9-20/h5-8,11H,4,9-10,12H2,1-3H3. The van der Waals surface area contributed by atoms with Gasteiger partial charge in [-0.25, -0.2) is 4.68 Å². The van der Waals surface area contributed by atoms with Gasteiger partial charge in [0.1, 0.15) is 12.4 Å². The quantitative estimate of drug-likeness (QED) is 0.694. The van der Waals surface area contributed by atoms with Crippen LogP contribution < -0.4 is 15.0 Å². The van der Waals surface area contributed by atoms with Crippen molar-refractivity contribution >= 4 is 11.6 Å². The maximum Gasteiger partial charge on any atom is 0.289 e. The Balaban J connectivity index is 2.02. The van der Waals surface area contributed by atoms with E-state index in [9.17, 15) is 9.18 Å². The van der Waals surface area contributed by atoms with Gasteiger partial charge in [0.05, 0.1) is 25.0 Å². The number of hydrogen-bond donors (Lipinski definition) is 0. The van der Waals surface area contributed by atoms with E-state index in [0.717, 1.165) is 5.56 Å². The molecule has 0 bridgehead atoms. The highest BCUT2D eigenvalue weighted by molar-refractivity contribution is 6.31. The SMILES string of the molecule is CC(C)(C)n1ncc(OCc2ccc(OCCCF)cc2)c(Cl)c1=O. The van der Waals surface area contributed by atoms with E-state index in [4.69, 9.17) is 21.1 Å². The first-order chi connectivity index (χ1) is 11.8. The minimum atomic E-state index is -0.461. The van der Waals surface area contributed by atoms with Crippen LogP contribution in [0.25, 0.3) is 0 Å². The Kier molecular flexibility index (Phi) is 6.42. The van der Waals surface area contributed by atoms with Crippen molar-refractivity contribution in [2.24, 2.45) is 0 Å². The monoisotopic (exact) mass is 368 g/mol. The number of nitrogens with zero attached hydrogens (tertiary/aromatic N) is 2. The van der Waals surface area contributed by atoms with Gasteiger partial charge in [0.15, 0.2) is 10.8 Å². The molecule has 1 aromatic carbocycles. The van der Waals surface area contributed by atoms with Crippen molar-refractivity contribution < 1.29 is 13.9 Å². The molecule has 1 aromatic heterocycles. The van der Waals surface area contributed by atoms with Crippen LogP contribution >= 0.6 is 11.6 Å². The number of alkyl halides is 1. The largest absolute Gasteiger partial charge is 0.494 e. The fourth-order valence-corrected chi connectivity index (χ4v) is 2.27. The fourth-order valence-electron chi connectivity index (χ4n) is 2.08. The van der Waals surface area contributed by atoms with Crippen molar-refractivity contribution in [2.45, 2.75) is 39.3 Å². The van der Waals surface area contributed by atoms with Crippen LogP contribution in [0.2, 0.25) is 5.02 Å². The zero-order valence-corrected chi connectivity index (χ0v) is 15.3. The molecule has 1 heterocycles. The lowest BCUT2D eigenvalue weighted by molar-refractivity contribution is 0.286. The lowest BCUT2D eigenvalue weighted by atomic mass is 10.1. The molecule has 136 valence electrons. The normalized spacial score (nSPS) is 11.4.